The molecule has 114 valence electrons. The highest BCUT2D eigenvalue weighted by molar-refractivity contribution is 5.01. The first kappa shape index (κ1) is 17.1. The number of pyridine rings is 1. The van der Waals surface area contributed by atoms with Gasteiger partial charge in [0.05, 0.1) is 18.4 Å². The Morgan fingerprint density at radius 1 is 1.25 bits per heavy atom. The molecule has 1 rings (SSSR count). The van der Waals surface area contributed by atoms with E-state index in [2.05, 4.69) is 24.1 Å². The molecule has 0 amide bonds. The van der Waals surface area contributed by atoms with Crippen LogP contribution in [0.1, 0.15) is 38.8 Å². The normalized spacial score (nSPS) is 12.5. The second kappa shape index (κ2) is 11.8. The summed E-state index contributed by atoms with van der Waals surface area (Å²) in [5.41, 5.74) is 0.985. The molecule has 0 saturated heterocycles. The number of hydrogen-bond donors (Lipinski definition) is 1. The number of aromatic nitrogens is 1. The largest absolute Gasteiger partial charge is 0.381 e. The molecule has 0 radical (unpaired) electrons. The van der Waals surface area contributed by atoms with Crippen LogP contribution in [0.15, 0.2) is 24.4 Å². The van der Waals surface area contributed by atoms with Gasteiger partial charge in [-0.2, -0.15) is 0 Å². The summed E-state index contributed by atoms with van der Waals surface area (Å²) in [5, 5.41) is 3.42. The summed E-state index contributed by atoms with van der Waals surface area (Å²) in [6.07, 6.45) is 5.19. The number of nitrogens with zero attached hydrogens (tertiary/aromatic N) is 1. The van der Waals surface area contributed by atoms with Gasteiger partial charge in [-0.15, -0.1) is 0 Å². The predicted molar refractivity (Wildman–Crippen MR) is 81.7 cm³/mol. The SMILES string of the molecule is CCCOCCCNCC(CC)OCc1ccccn1. The van der Waals surface area contributed by atoms with Crippen molar-refractivity contribution >= 4 is 0 Å². The molecule has 0 aliphatic carbocycles. The van der Waals surface area contributed by atoms with E-state index in [1.54, 1.807) is 6.20 Å². The van der Waals surface area contributed by atoms with Crippen LogP contribution in [0.25, 0.3) is 0 Å². The van der Waals surface area contributed by atoms with Crippen LogP contribution in [0.3, 0.4) is 0 Å². The van der Waals surface area contributed by atoms with Gasteiger partial charge in [0.25, 0.3) is 0 Å². The Balaban J connectivity index is 2.04. The Bertz CT molecular complexity index is 320. The Morgan fingerprint density at radius 2 is 2.15 bits per heavy atom. The maximum atomic E-state index is 5.87. The average molecular weight is 280 g/mol. The van der Waals surface area contributed by atoms with Gasteiger partial charge < -0.3 is 14.8 Å². The first-order chi connectivity index (χ1) is 9.86. The Labute approximate surface area is 122 Å². The zero-order valence-corrected chi connectivity index (χ0v) is 12.8. The van der Waals surface area contributed by atoms with Crippen LogP contribution in [0.2, 0.25) is 0 Å². The molecule has 0 aromatic carbocycles. The third-order valence-corrected chi connectivity index (χ3v) is 3.01. The van der Waals surface area contributed by atoms with Gasteiger partial charge in [-0.05, 0) is 37.9 Å². The van der Waals surface area contributed by atoms with E-state index >= 15 is 0 Å². The van der Waals surface area contributed by atoms with Crippen LogP contribution in [0, 0.1) is 0 Å². The number of rotatable bonds is 12. The van der Waals surface area contributed by atoms with E-state index in [-0.39, 0.29) is 6.10 Å². The van der Waals surface area contributed by atoms with E-state index in [9.17, 15) is 0 Å². The van der Waals surface area contributed by atoms with Gasteiger partial charge in [-0.1, -0.05) is 19.9 Å². The molecule has 4 heteroatoms. The van der Waals surface area contributed by atoms with E-state index in [0.29, 0.717) is 6.61 Å². The fourth-order valence-electron chi connectivity index (χ4n) is 1.82. The minimum absolute atomic E-state index is 0.244. The van der Waals surface area contributed by atoms with Crippen molar-refractivity contribution in [3.8, 4) is 0 Å². The molecule has 0 spiro atoms. The Hall–Kier alpha value is -0.970. The smallest absolute Gasteiger partial charge is 0.0892 e. The Morgan fingerprint density at radius 3 is 2.85 bits per heavy atom. The lowest BCUT2D eigenvalue weighted by atomic mass is 10.2. The molecular weight excluding hydrogens is 252 g/mol. The molecule has 0 saturated carbocycles. The fraction of sp³-hybridized carbons (Fsp3) is 0.688. The second-order valence-electron chi connectivity index (χ2n) is 4.83. The summed E-state index contributed by atoms with van der Waals surface area (Å²) in [6, 6.07) is 5.90. The first-order valence-corrected chi connectivity index (χ1v) is 7.66. The molecule has 0 aliphatic rings. The zero-order chi connectivity index (χ0) is 14.5. The van der Waals surface area contributed by atoms with Gasteiger partial charge >= 0.3 is 0 Å². The highest BCUT2D eigenvalue weighted by Gasteiger charge is 2.06. The molecule has 20 heavy (non-hydrogen) atoms. The van der Waals surface area contributed by atoms with Crippen LogP contribution in [-0.4, -0.2) is 37.4 Å². The van der Waals surface area contributed by atoms with Crippen LogP contribution < -0.4 is 5.32 Å². The van der Waals surface area contributed by atoms with Gasteiger partial charge in [0.15, 0.2) is 0 Å². The van der Waals surface area contributed by atoms with Crippen molar-refractivity contribution in [3.05, 3.63) is 30.1 Å². The summed E-state index contributed by atoms with van der Waals surface area (Å²) in [7, 11) is 0. The Kier molecular flexibility index (Phi) is 10.1. The highest BCUT2D eigenvalue weighted by Crippen LogP contribution is 2.02. The monoisotopic (exact) mass is 280 g/mol. The van der Waals surface area contributed by atoms with Crippen LogP contribution in [-0.2, 0) is 16.1 Å². The summed E-state index contributed by atoms with van der Waals surface area (Å²) in [6.45, 7) is 8.43. The van der Waals surface area contributed by atoms with Gasteiger partial charge in [0, 0.05) is 26.0 Å². The van der Waals surface area contributed by atoms with Crippen LogP contribution in [0.4, 0.5) is 0 Å². The summed E-state index contributed by atoms with van der Waals surface area (Å²) in [5.74, 6) is 0. The molecule has 0 aliphatic heterocycles. The van der Waals surface area contributed by atoms with Crippen molar-refractivity contribution in [2.75, 3.05) is 26.3 Å². The highest BCUT2D eigenvalue weighted by atomic mass is 16.5. The minimum Gasteiger partial charge on any atom is -0.381 e. The quantitative estimate of drug-likeness (QED) is 0.598. The van der Waals surface area contributed by atoms with E-state index < -0.39 is 0 Å². The molecule has 1 unspecified atom stereocenters. The number of hydrogen-bond acceptors (Lipinski definition) is 4. The van der Waals surface area contributed by atoms with Gasteiger partial charge in [-0.25, -0.2) is 0 Å². The number of nitrogens with one attached hydrogen (secondary N) is 1. The summed E-state index contributed by atoms with van der Waals surface area (Å²) < 4.78 is 11.3. The maximum Gasteiger partial charge on any atom is 0.0892 e. The van der Waals surface area contributed by atoms with Crippen LogP contribution >= 0.6 is 0 Å². The van der Waals surface area contributed by atoms with E-state index in [1.165, 1.54) is 0 Å². The molecule has 0 bridgehead atoms. The topological polar surface area (TPSA) is 43.4 Å². The van der Waals surface area contributed by atoms with E-state index in [1.807, 2.05) is 18.2 Å². The standard InChI is InChI=1S/C16H28N2O2/c1-3-11-19-12-7-9-17-13-16(4-2)20-14-15-8-5-6-10-18-15/h5-6,8,10,16-17H,3-4,7,9,11-14H2,1-2H3. The predicted octanol–water partition coefficient (Wildman–Crippen LogP) is 2.78. The minimum atomic E-state index is 0.244. The van der Waals surface area contributed by atoms with Crippen molar-refractivity contribution in [1.29, 1.82) is 0 Å². The van der Waals surface area contributed by atoms with Gasteiger partial charge in [-0.3, -0.25) is 4.98 Å². The maximum absolute atomic E-state index is 5.87. The van der Waals surface area contributed by atoms with E-state index in [4.69, 9.17) is 9.47 Å². The summed E-state index contributed by atoms with van der Waals surface area (Å²) >= 11 is 0. The molecule has 1 aromatic heterocycles. The molecule has 4 nitrogen and oxygen atoms in total. The first-order valence-electron chi connectivity index (χ1n) is 7.66. The molecule has 1 heterocycles. The second-order valence-corrected chi connectivity index (χ2v) is 4.83. The summed E-state index contributed by atoms with van der Waals surface area (Å²) in [4.78, 5) is 4.26. The van der Waals surface area contributed by atoms with Crippen molar-refractivity contribution in [2.45, 2.75) is 45.8 Å². The third-order valence-electron chi connectivity index (χ3n) is 3.01. The lowest BCUT2D eigenvalue weighted by Crippen LogP contribution is -2.29. The average Bonchev–Trinajstić information content (AvgIpc) is 2.50. The van der Waals surface area contributed by atoms with Crippen molar-refractivity contribution in [1.82, 2.24) is 10.3 Å². The zero-order valence-electron chi connectivity index (χ0n) is 12.8. The lowest BCUT2D eigenvalue weighted by Gasteiger charge is -2.16. The number of ether oxygens (including phenoxy) is 2. The molecule has 1 aromatic rings. The van der Waals surface area contributed by atoms with Gasteiger partial charge in [0.1, 0.15) is 0 Å². The lowest BCUT2D eigenvalue weighted by molar-refractivity contribution is 0.0362. The fourth-order valence-corrected chi connectivity index (χ4v) is 1.82. The van der Waals surface area contributed by atoms with Crippen LogP contribution in [0.5, 0.6) is 0 Å². The third kappa shape index (κ3) is 8.25. The van der Waals surface area contributed by atoms with Crippen molar-refractivity contribution < 1.29 is 9.47 Å². The van der Waals surface area contributed by atoms with Crippen molar-refractivity contribution in [2.24, 2.45) is 0 Å². The van der Waals surface area contributed by atoms with E-state index in [0.717, 1.165) is 51.3 Å². The van der Waals surface area contributed by atoms with Gasteiger partial charge in [0.2, 0.25) is 0 Å². The van der Waals surface area contributed by atoms with Crippen molar-refractivity contribution in [3.63, 3.8) is 0 Å². The molecule has 0 fully saturated rings. The molecule has 1 N–H and O–H groups in total. The molecular formula is C16H28N2O2. The molecule has 1 atom stereocenters.